The molecule has 1 unspecified atom stereocenters. The van der Waals surface area contributed by atoms with Gasteiger partial charge in [0.2, 0.25) is 0 Å². The third-order valence-corrected chi connectivity index (χ3v) is 4.12. The summed E-state index contributed by atoms with van der Waals surface area (Å²) >= 11 is 11.2. The maximum absolute atomic E-state index is 5.75. The highest BCUT2D eigenvalue weighted by Gasteiger charge is 1.99. The molecule has 0 aliphatic carbocycles. The summed E-state index contributed by atoms with van der Waals surface area (Å²) in [6.07, 6.45) is 0. The second-order valence-electron chi connectivity index (χ2n) is 1.89. The van der Waals surface area contributed by atoms with Crippen LogP contribution in [0.5, 0.6) is 0 Å². The average Bonchev–Trinajstić information content (AvgIpc) is 1.83. The predicted molar refractivity (Wildman–Crippen MR) is 44.2 cm³/mol. The van der Waals surface area contributed by atoms with Gasteiger partial charge in [-0.1, -0.05) is 13.0 Å². The molecule has 0 aromatic rings. The number of halogens is 2. The Bertz CT molecular complexity index is 49.7. The summed E-state index contributed by atoms with van der Waals surface area (Å²) in [7, 11) is 0.147. The third-order valence-electron chi connectivity index (χ3n) is 1.04. The molecule has 0 heterocycles. The monoisotopic (exact) mass is 170 g/mol. The van der Waals surface area contributed by atoms with Crippen LogP contribution >= 0.6 is 23.2 Å². The maximum Gasteiger partial charge on any atom is 0.0443 e. The molecule has 0 rings (SSSR count). The molecule has 0 aromatic heterocycles. The van der Waals surface area contributed by atoms with E-state index in [-0.39, 0.29) is 14.9 Å². The molecular weight excluding hydrogens is 159 g/mol. The summed E-state index contributed by atoms with van der Waals surface area (Å²) in [4.78, 5) is 0. The largest absolute Gasteiger partial charge is 0.125 e. The van der Waals surface area contributed by atoms with E-state index in [0.717, 1.165) is 0 Å². The molecule has 0 nitrogen and oxygen atoms in total. The number of rotatable bonds is 4. The minimum Gasteiger partial charge on any atom is -0.125 e. The number of alkyl halides is 2. The predicted octanol–water partition coefficient (Wildman–Crippen LogP) is 1.86. The van der Waals surface area contributed by atoms with Crippen molar-refractivity contribution in [2.45, 2.75) is 24.4 Å². The van der Waals surface area contributed by atoms with Gasteiger partial charge in [0.15, 0.2) is 0 Å². The minimum atomic E-state index is 0.147. The van der Waals surface area contributed by atoms with Crippen molar-refractivity contribution >= 4 is 32.7 Å². The SMILES string of the molecule is CC[SiH2]CC(Cl)CCl. The van der Waals surface area contributed by atoms with Crippen LogP contribution in [0.25, 0.3) is 0 Å². The highest BCUT2D eigenvalue weighted by molar-refractivity contribution is 6.39. The molecule has 0 aliphatic rings. The zero-order valence-corrected chi connectivity index (χ0v) is 8.09. The standard InChI is InChI=1S/C5H12Cl2Si/c1-2-8-4-5(7)3-6/h5H,2-4,8H2,1H3. The normalized spacial score (nSPS) is 15.4. The first-order valence-electron chi connectivity index (χ1n) is 3.01. The maximum atomic E-state index is 5.75. The first-order valence-corrected chi connectivity index (χ1v) is 5.98. The first-order chi connectivity index (χ1) is 3.81. The van der Waals surface area contributed by atoms with Crippen LogP contribution in [0.2, 0.25) is 12.1 Å². The van der Waals surface area contributed by atoms with Crippen LogP contribution in [0.3, 0.4) is 0 Å². The van der Waals surface area contributed by atoms with Gasteiger partial charge >= 0.3 is 0 Å². The van der Waals surface area contributed by atoms with Gasteiger partial charge in [0, 0.05) is 20.8 Å². The van der Waals surface area contributed by atoms with Gasteiger partial charge < -0.3 is 0 Å². The van der Waals surface area contributed by atoms with Crippen LogP contribution < -0.4 is 0 Å². The molecule has 0 bridgehead atoms. The van der Waals surface area contributed by atoms with E-state index in [2.05, 4.69) is 6.92 Å². The van der Waals surface area contributed by atoms with Gasteiger partial charge in [-0.25, -0.2) is 0 Å². The lowest BCUT2D eigenvalue weighted by Gasteiger charge is -2.00. The molecule has 0 spiro atoms. The van der Waals surface area contributed by atoms with Crippen molar-refractivity contribution < 1.29 is 0 Å². The molecule has 0 saturated heterocycles. The van der Waals surface area contributed by atoms with Gasteiger partial charge in [-0.2, -0.15) is 0 Å². The van der Waals surface area contributed by atoms with Gasteiger partial charge in [0.05, 0.1) is 0 Å². The number of hydrogen-bond acceptors (Lipinski definition) is 0. The Morgan fingerprint density at radius 2 is 2.25 bits per heavy atom. The zero-order chi connectivity index (χ0) is 6.41. The van der Waals surface area contributed by atoms with Crippen molar-refractivity contribution in [3.05, 3.63) is 0 Å². The fourth-order valence-corrected chi connectivity index (χ4v) is 2.43. The van der Waals surface area contributed by atoms with E-state index in [1.807, 2.05) is 0 Å². The van der Waals surface area contributed by atoms with Crippen LogP contribution in [-0.4, -0.2) is 20.8 Å². The molecular formula is C5H12Cl2Si. The summed E-state index contributed by atoms with van der Waals surface area (Å²) in [5.74, 6) is 0.620. The molecule has 8 heavy (non-hydrogen) atoms. The van der Waals surface area contributed by atoms with E-state index in [1.54, 1.807) is 0 Å². The Morgan fingerprint density at radius 1 is 1.62 bits per heavy atom. The minimum absolute atomic E-state index is 0.147. The molecule has 0 saturated carbocycles. The van der Waals surface area contributed by atoms with Crippen molar-refractivity contribution in [3.8, 4) is 0 Å². The van der Waals surface area contributed by atoms with E-state index < -0.39 is 0 Å². The lowest BCUT2D eigenvalue weighted by atomic mass is 10.6. The van der Waals surface area contributed by atoms with Crippen molar-refractivity contribution in [3.63, 3.8) is 0 Å². The lowest BCUT2D eigenvalue weighted by Crippen LogP contribution is -2.02. The molecule has 0 N–H and O–H groups in total. The summed E-state index contributed by atoms with van der Waals surface area (Å²) < 4.78 is 0. The van der Waals surface area contributed by atoms with Crippen LogP contribution in [0, 0.1) is 0 Å². The van der Waals surface area contributed by atoms with Crippen LogP contribution in [0.15, 0.2) is 0 Å². The smallest absolute Gasteiger partial charge is 0.0443 e. The Labute approximate surface area is 63.4 Å². The molecule has 1 atom stereocenters. The van der Waals surface area contributed by atoms with Crippen molar-refractivity contribution in [1.29, 1.82) is 0 Å². The van der Waals surface area contributed by atoms with Crippen LogP contribution in [-0.2, 0) is 0 Å². The third kappa shape index (κ3) is 4.94. The van der Waals surface area contributed by atoms with Crippen LogP contribution in [0.4, 0.5) is 0 Å². The van der Waals surface area contributed by atoms with Gasteiger partial charge in [0.25, 0.3) is 0 Å². The topological polar surface area (TPSA) is 0 Å². The Hall–Kier alpha value is 0.797. The van der Waals surface area contributed by atoms with Crippen molar-refractivity contribution in [1.82, 2.24) is 0 Å². The fraction of sp³-hybridized carbons (Fsp3) is 1.00. The highest BCUT2D eigenvalue weighted by Crippen LogP contribution is 2.04. The molecule has 50 valence electrons. The van der Waals surface area contributed by atoms with Crippen LogP contribution in [0.1, 0.15) is 6.92 Å². The van der Waals surface area contributed by atoms with Crippen molar-refractivity contribution in [2.24, 2.45) is 0 Å². The van der Waals surface area contributed by atoms with Crippen molar-refractivity contribution in [2.75, 3.05) is 5.88 Å². The molecule has 0 fully saturated rings. The molecule has 0 aromatic carbocycles. The van der Waals surface area contributed by atoms with E-state index in [1.165, 1.54) is 12.1 Å². The molecule has 0 amide bonds. The molecule has 0 aliphatic heterocycles. The Kier molecular flexibility index (Phi) is 6.52. The second-order valence-corrected chi connectivity index (χ2v) is 5.10. The summed E-state index contributed by atoms with van der Waals surface area (Å²) in [6, 6.07) is 2.54. The summed E-state index contributed by atoms with van der Waals surface area (Å²) in [5.41, 5.74) is 0. The number of hydrogen-bond donors (Lipinski definition) is 0. The lowest BCUT2D eigenvalue weighted by molar-refractivity contribution is 1.08. The van der Waals surface area contributed by atoms with Gasteiger partial charge in [-0.05, 0) is 6.04 Å². The zero-order valence-electron chi connectivity index (χ0n) is 5.16. The Balaban J connectivity index is 2.86. The van der Waals surface area contributed by atoms with E-state index in [0.29, 0.717) is 5.88 Å². The van der Waals surface area contributed by atoms with E-state index in [9.17, 15) is 0 Å². The first kappa shape index (κ1) is 8.80. The van der Waals surface area contributed by atoms with Gasteiger partial charge in [0.1, 0.15) is 0 Å². The highest BCUT2D eigenvalue weighted by atomic mass is 35.5. The van der Waals surface area contributed by atoms with Gasteiger partial charge in [-0.3, -0.25) is 0 Å². The quantitative estimate of drug-likeness (QED) is 0.447. The fourth-order valence-electron chi connectivity index (χ4n) is 0.503. The molecule has 3 heteroatoms. The Morgan fingerprint density at radius 3 is 2.62 bits per heavy atom. The van der Waals surface area contributed by atoms with E-state index in [4.69, 9.17) is 23.2 Å². The summed E-state index contributed by atoms with van der Waals surface area (Å²) in [6.45, 7) is 2.21. The second kappa shape index (κ2) is 5.93. The molecule has 0 radical (unpaired) electrons. The van der Waals surface area contributed by atoms with E-state index >= 15 is 0 Å². The van der Waals surface area contributed by atoms with Gasteiger partial charge in [-0.15, -0.1) is 23.2 Å². The summed E-state index contributed by atoms with van der Waals surface area (Å²) in [5, 5.41) is 0.253. The average molecular weight is 171 g/mol.